The lowest BCUT2D eigenvalue weighted by atomic mass is 9.66. The second-order valence-corrected chi connectivity index (χ2v) is 13.5. The van der Waals surface area contributed by atoms with E-state index in [-0.39, 0.29) is 24.7 Å². The molecule has 2 aliphatic carbocycles. The summed E-state index contributed by atoms with van der Waals surface area (Å²) >= 11 is 0. The first-order chi connectivity index (χ1) is 21.8. The molecule has 0 saturated heterocycles. The minimum Gasteiger partial charge on any atom is -0.458 e. The summed E-state index contributed by atoms with van der Waals surface area (Å²) in [5, 5.41) is 9.59. The molecule has 0 heterocycles. The Balaban J connectivity index is 0.000000502. The molecule has 2 rings (SSSR count). The molecule has 0 aromatic rings. The first kappa shape index (κ1) is 45.7. The van der Waals surface area contributed by atoms with Gasteiger partial charge in [-0.3, -0.25) is 9.59 Å². The van der Waals surface area contributed by atoms with E-state index in [4.69, 9.17) is 4.74 Å². The maximum absolute atomic E-state index is 13.1. The van der Waals surface area contributed by atoms with E-state index in [1.807, 2.05) is 13.8 Å². The van der Waals surface area contributed by atoms with Crippen molar-refractivity contribution in [3.8, 4) is 0 Å². The van der Waals surface area contributed by atoms with E-state index in [2.05, 4.69) is 4.74 Å². The van der Waals surface area contributed by atoms with Crippen LogP contribution < -0.4 is 0 Å². The van der Waals surface area contributed by atoms with Gasteiger partial charge in [-0.05, 0) is 70.6 Å². The van der Waals surface area contributed by atoms with Gasteiger partial charge in [0.05, 0.1) is 5.41 Å². The zero-order valence-electron chi connectivity index (χ0n) is 27.2. The van der Waals surface area contributed by atoms with E-state index in [9.17, 15) is 89.3 Å². The first-order valence-corrected chi connectivity index (χ1v) is 14.5. The molecule has 0 aromatic carbocycles. The SMILES string of the molecule is CC1C2CC(C1C)C(C)(C(=O)OC(C)(C)C(O)(C(F)(F)F)C(F)(F)F)C2.CCC(C)(C(=O)OCC(F)(F)C(F)(F)C(F)(F)C(F)F)C(F)(F)F. The van der Waals surface area contributed by atoms with Gasteiger partial charge in [0.2, 0.25) is 0 Å². The molecule has 6 unspecified atom stereocenters. The van der Waals surface area contributed by atoms with Gasteiger partial charge >= 0.3 is 54.7 Å². The summed E-state index contributed by atoms with van der Waals surface area (Å²) in [5.41, 5.74) is -12.9. The Labute approximate surface area is 274 Å². The summed E-state index contributed by atoms with van der Waals surface area (Å²) in [4.78, 5) is 23.9. The Morgan fingerprint density at radius 2 is 1.24 bits per heavy atom. The van der Waals surface area contributed by atoms with Crippen molar-refractivity contribution in [2.75, 3.05) is 6.61 Å². The fraction of sp³-hybridized carbons (Fsp3) is 0.929. The van der Waals surface area contributed by atoms with Crippen LogP contribution in [0.1, 0.15) is 67.7 Å². The van der Waals surface area contributed by atoms with Gasteiger partial charge in [0, 0.05) is 0 Å². The molecule has 50 heavy (non-hydrogen) atoms. The summed E-state index contributed by atoms with van der Waals surface area (Å²) in [7, 11) is 0. The first-order valence-electron chi connectivity index (χ1n) is 14.5. The van der Waals surface area contributed by atoms with Crippen LogP contribution in [0.15, 0.2) is 0 Å². The molecule has 1 N–H and O–H groups in total. The molecule has 0 amide bonds. The Morgan fingerprint density at radius 1 is 0.800 bits per heavy atom. The van der Waals surface area contributed by atoms with E-state index in [0.717, 1.165) is 6.92 Å². The van der Waals surface area contributed by atoms with Gasteiger partial charge in [0.15, 0.2) is 17.6 Å². The number of carbonyl (C=O) groups is 2. The number of fused-ring (bicyclic) bond motifs is 2. The van der Waals surface area contributed by atoms with E-state index >= 15 is 0 Å². The normalized spacial score (nSPS) is 26.7. The quantitative estimate of drug-likeness (QED) is 0.177. The lowest BCUT2D eigenvalue weighted by Gasteiger charge is -2.46. The summed E-state index contributed by atoms with van der Waals surface area (Å²) in [5.74, 6) is -22.3. The smallest absolute Gasteiger partial charge is 0.430 e. The van der Waals surface area contributed by atoms with Crippen molar-refractivity contribution in [3.05, 3.63) is 0 Å². The third-order valence-electron chi connectivity index (χ3n) is 10.1. The molecule has 0 aromatic heterocycles. The van der Waals surface area contributed by atoms with Gasteiger partial charge in [0.25, 0.3) is 5.60 Å². The largest absolute Gasteiger partial charge is 0.458 e. The second kappa shape index (κ2) is 13.6. The number of hydrogen-bond acceptors (Lipinski definition) is 5. The molecular formula is C28H35F17O5. The maximum atomic E-state index is 13.1. The maximum Gasteiger partial charge on any atom is 0.430 e. The molecule has 296 valence electrons. The number of esters is 2. The number of aliphatic hydroxyl groups is 1. The lowest BCUT2D eigenvalue weighted by Crippen LogP contribution is -2.70. The van der Waals surface area contributed by atoms with Gasteiger partial charge in [-0.15, -0.1) is 0 Å². The number of ether oxygens (including phenoxy) is 2. The van der Waals surface area contributed by atoms with E-state index in [1.165, 1.54) is 6.92 Å². The predicted molar refractivity (Wildman–Crippen MR) is 136 cm³/mol. The number of hydrogen-bond donors (Lipinski definition) is 1. The van der Waals surface area contributed by atoms with Gasteiger partial charge < -0.3 is 14.6 Å². The summed E-state index contributed by atoms with van der Waals surface area (Å²) in [6.45, 7) is 4.42. The average Bonchev–Trinajstić information content (AvgIpc) is 3.43. The third kappa shape index (κ3) is 7.45. The Kier molecular flexibility index (Phi) is 12.4. The average molecular weight is 775 g/mol. The highest BCUT2D eigenvalue weighted by molar-refractivity contribution is 5.78. The number of carbonyl (C=O) groups excluding carboxylic acids is 2. The van der Waals surface area contributed by atoms with Crippen LogP contribution in [0.25, 0.3) is 0 Å². The Bertz CT molecular complexity index is 1210. The molecule has 5 nitrogen and oxygen atoms in total. The van der Waals surface area contributed by atoms with Crippen LogP contribution in [0.5, 0.6) is 0 Å². The van der Waals surface area contributed by atoms with Crippen molar-refractivity contribution in [2.45, 2.75) is 122 Å². The molecule has 2 saturated carbocycles. The van der Waals surface area contributed by atoms with E-state index in [1.54, 1.807) is 0 Å². The van der Waals surface area contributed by atoms with Gasteiger partial charge in [-0.1, -0.05) is 20.8 Å². The van der Waals surface area contributed by atoms with Crippen LogP contribution in [0.4, 0.5) is 74.6 Å². The second-order valence-electron chi connectivity index (χ2n) is 13.5. The highest BCUT2D eigenvalue weighted by atomic mass is 19.4. The van der Waals surface area contributed by atoms with Crippen LogP contribution in [-0.2, 0) is 19.1 Å². The van der Waals surface area contributed by atoms with Crippen molar-refractivity contribution in [1.29, 1.82) is 0 Å². The highest BCUT2D eigenvalue weighted by Gasteiger charge is 2.79. The highest BCUT2D eigenvalue weighted by Crippen LogP contribution is 2.62. The molecule has 0 radical (unpaired) electrons. The fourth-order valence-electron chi connectivity index (χ4n) is 6.10. The third-order valence-corrected chi connectivity index (χ3v) is 10.1. The van der Waals surface area contributed by atoms with Gasteiger partial charge in [-0.2, -0.15) is 65.9 Å². The van der Waals surface area contributed by atoms with Gasteiger partial charge in [-0.25, -0.2) is 8.78 Å². The minimum atomic E-state index is -6.67. The molecule has 6 atom stereocenters. The van der Waals surface area contributed by atoms with E-state index in [0.29, 0.717) is 32.6 Å². The molecule has 0 spiro atoms. The van der Waals surface area contributed by atoms with Crippen LogP contribution in [0.3, 0.4) is 0 Å². The monoisotopic (exact) mass is 774 g/mol. The van der Waals surface area contributed by atoms with Crippen molar-refractivity contribution in [1.82, 2.24) is 0 Å². The van der Waals surface area contributed by atoms with Crippen LogP contribution >= 0.6 is 0 Å². The van der Waals surface area contributed by atoms with Crippen molar-refractivity contribution >= 4 is 11.9 Å². The molecule has 2 fully saturated rings. The summed E-state index contributed by atoms with van der Waals surface area (Å²) in [6, 6.07) is 0. The molecule has 2 aliphatic rings. The molecule has 2 bridgehead atoms. The van der Waals surface area contributed by atoms with Crippen molar-refractivity contribution < 1.29 is 98.8 Å². The van der Waals surface area contributed by atoms with E-state index < -0.39 is 89.7 Å². The Morgan fingerprint density at radius 3 is 1.56 bits per heavy atom. The topological polar surface area (TPSA) is 72.8 Å². The summed E-state index contributed by atoms with van der Waals surface area (Å²) in [6.07, 6.45) is -22.6. The van der Waals surface area contributed by atoms with Crippen molar-refractivity contribution in [3.63, 3.8) is 0 Å². The standard InChI is InChI=1S/C17H24F6O3.C11H11F11O2/c1-8-9(2)11-6-10(8)7-14(11,5)12(24)26-13(3,4)15(25,16(18,19)20)17(21,22)23;1-3-7(2,11(20,21)22)6(23)24-4-8(14,15)10(18,19)9(16,17)5(12)13/h8-11,25H,6-7H2,1-5H3;5H,3-4H2,1-2H3. The minimum absolute atomic E-state index is 0.110. The predicted octanol–water partition coefficient (Wildman–Crippen LogP) is 9.16. The van der Waals surface area contributed by atoms with Crippen LogP contribution in [-0.4, -0.2) is 77.6 Å². The zero-order valence-corrected chi connectivity index (χ0v) is 27.2. The van der Waals surface area contributed by atoms with Gasteiger partial charge in [0.1, 0.15) is 0 Å². The summed E-state index contributed by atoms with van der Waals surface area (Å²) < 4.78 is 225. The number of halogens is 17. The van der Waals surface area contributed by atoms with Crippen LogP contribution in [0.2, 0.25) is 0 Å². The zero-order chi connectivity index (χ0) is 40.3. The van der Waals surface area contributed by atoms with Crippen LogP contribution in [0, 0.1) is 34.5 Å². The number of alkyl halides is 17. The fourth-order valence-corrected chi connectivity index (χ4v) is 6.10. The Hall–Kier alpha value is -2.29. The molecule has 22 heteroatoms. The molecular weight excluding hydrogens is 739 g/mol. The lowest BCUT2D eigenvalue weighted by molar-refractivity contribution is -0.408. The van der Waals surface area contributed by atoms with Crippen molar-refractivity contribution in [2.24, 2.45) is 34.5 Å². The number of rotatable bonds is 10. The molecule has 0 aliphatic heterocycles.